The quantitative estimate of drug-likeness (QED) is 0.538. The summed E-state index contributed by atoms with van der Waals surface area (Å²) in [6.07, 6.45) is 1.29. The Morgan fingerprint density at radius 3 is 2.54 bits per heavy atom. The van der Waals surface area contributed by atoms with Gasteiger partial charge in [-0.25, -0.2) is 9.78 Å². The minimum absolute atomic E-state index is 0.103. The third kappa shape index (κ3) is 2.02. The first kappa shape index (κ1) is 9.18. The van der Waals surface area contributed by atoms with Crippen molar-refractivity contribution in [2.75, 3.05) is 7.11 Å². The fourth-order valence-electron chi connectivity index (χ4n) is 0.745. The zero-order valence-electron chi connectivity index (χ0n) is 6.85. The Bertz CT molecular complexity index is 331. The van der Waals surface area contributed by atoms with Crippen molar-refractivity contribution in [3.63, 3.8) is 0 Å². The van der Waals surface area contributed by atoms with Gasteiger partial charge >= 0.3 is 5.97 Å². The molecule has 13 heavy (non-hydrogen) atoms. The van der Waals surface area contributed by atoms with Gasteiger partial charge in [-0.15, -0.1) is 0 Å². The molecule has 1 heterocycles. The van der Waals surface area contributed by atoms with E-state index >= 15 is 0 Å². The number of rotatable bonds is 3. The van der Waals surface area contributed by atoms with E-state index in [-0.39, 0.29) is 5.69 Å². The monoisotopic (exact) mass is 181 g/mol. The molecular weight excluding hydrogens is 174 g/mol. The average Bonchev–Trinajstić information content (AvgIpc) is 2.17. The van der Waals surface area contributed by atoms with E-state index in [4.69, 9.17) is 9.84 Å². The van der Waals surface area contributed by atoms with E-state index in [1.807, 2.05) is 0 Å². The van der Waals surface area contributed by atoms with Crippen molar-refractivity contribution in [1.82, 2.24) is 4.98 Å². The second-order valence-corrected chi connectivity index (χ2v) is 2.22. The lowest BCUT2D eigenvalue weighted by Gasteiger charge is -1.98. The number of carboxylic acids is 1. The van der Waals surface area contributed by atoms with Crippen molar-refractivity contribution in [3.8, 4) is 5.75 Å². The fourth-order valence-corrected chi connectivity index (χ4v) is 0.745. The zero-order valence-corrected chi connectivity index (χ0v) is 6.85. The normalized spacial score (nSPS) is 9.31. The van der Waals surface area contributed by atoms with Gasteiger partial charge in [0.25, 0.3) is 5.78 Å². The van der Waals surface area contributed by atoms with E-state index in [1.165, 1.54) is 25.4 Å². The number of pyridine rings is 1. The van der Waals surface area contributed by atoms with Crippen LogP contribution in [0, 0.1) is 0 Å². The highest BCUT2D eigenvalue weighted by atomic mass is 16.5. The number of carbonyl (C=O) groups is 2. The number of aromatic nitrogens is 1. The maximum absolute atomic E-state index is 10.8. The molecule has 68 valence electrons. The van der Waals surface area contributed by atoms with Gasteiger partial charge in [0, 0.05) is 0 Å². The molecule has 5 nitrogen and oxygen atoms in total. The van der Waals surface area contributed by atoms with Gasteiger partial charge in [0.1, 0.15) is 11.4 Å². The summed E-state index contributed by atoms with van der Waals surface area (Å²) in [5.74, 6) is -2.07. The molecule has 0 fully saturated rings. The molecule has 5 heteroatoms. The van der Waals surface area contributed by atoms with Crippen LogP contribution in [0.25, 0.3) is 0 Å². The van der Waals surface area contributed by atoms with Crippen LogP contribution in [-0.4, -0.2) is 29.0 Å². The lowest BCUT2D eigenvalue weighted by atomic mass is 10.2. The molecule has 0 unspecified atom stereocenters. The molecule has 1 rings (SSSR count). The van der Waals surface area contributed by atoms with Crippen LogP contribution in [0.4, 0.5) is 0 Å². The van der Waals surface area contributed by atoms with Crippen LogP contribution in [0.2, 0.25) is 0 Å². The number of hydrogen-bond donors (Lipinski definition) is 1. The van der Waals surface area contributed by atoms with Crippen molar-refractivity contribution in [1.29, 1.82) is 0 Å². The zero-order chi connectivity index (χ0) is 9.84. The molecule has 0 saturated heterocycles. The standard InChI is InChI=1S/C8H7NO4/c1-13-5-2-3-6(9-4-5)7(10)8(11)12/h2-4H,1H3,(H,11,12). The highest BCUT2D eigenvalue weighted by Crippen LogP contribution is 2.08. The number of ether oxygens (including phenoxy) is 1. The number of carboxylic acid groups (broad SMARTS) is 1. The smallest absolute Gasteiger partial charge is 0.378 e. The summed E-state index contributed by atoms with van der Waals surface area (Å²) in [5, 5.41) is 8.34. The first-order valence-electron chi connectivity index (χ1n) is 3.43. The topological polar surface area (TPSA) is 76.5 Å². The van der Waals surface area contributed by atoms with Crippen molar-refractivity contribution in [2.24, 2.45) is 0 Å². The Hall–Kier alpha value is -1.91. The van der Waals surface area contributed by atoms with Crippen molar-refractivity contribution >= 4 is 11.8 Å². The highest BCUT2D eigenvalue weighted by Gasteiger charge is 2.15. The molecule has 0 amide bonds. The molecule has 1 N–H and O–H groups in total. The van der Waals surface area contributed by atoms with E-state index in [9.17, 15) is 9.59 Å². The maximum Gasteiger partial charge on any atom is 0.378 e. The number of ketones is 1. The number of Topliss-reactive ketones (excluding diaryl/α,β-unsaturated/α-hetero) is 1. The summed E-state index contributed by atoms with van der Waals surface area (Å²) in [6, 6.07) is 2.78. The van der Waals surface area contributed by atoms with Crippen LogP contribution in [-0.2, 0) is 4.79 Å². The highest BCUT2D eigenvalue weighted by molar-refractivity contribution is 6.39. The van der Waals surface area contributed by atoms with Crippen LogP contribution in [0.5, 0.6) is 5.75 Å². The first-order valence-corrected chi connectivity index (χ1v) is 3.43. The third-order valence-electron chi connectivity index (χ3n) is 1.40. The van der Waals surface area contributed by atoms with E-state index in [0.717, 1.165) is 0 Å². The lowest BCUT2D eigenvalue weighted by Crippen LogP contribution is -2.13. The SMILES string of the molecule is COc1ccc(C(=O)C(=O)O)nc1. The molecule has 1 aromatic heterocycles. The van der Waals surface area contributed by atoms with Gasteiger partial charge in [-0.2, -0.15) is 0 Å². The summed E-state index contributed by atoms with van der Waals surface area (Å²) in [6.45, 7) is 0. The molecule has 0 aliphatic rings. The fraction of sp³-hybridized carbons (Fsp3) is 0.125. The Morgan fingerprint density at radius 1 is 1.46 bits per heavy atom. The average molecular weight is 181 g/mol. The van der Waals surface area contributed by atoms with E-state index < -0.39 is 11.8 Å². The van der Waals surface area contributed by atoms with Crippen LogP contribution in [0.3, 0.4) is 0 Å². The number of nitrogens with zero attached hydrogens (tertiary/aromatic N) is 1. The molecule has 0 atom stereocenters. The molecule has 0 aromatic carbocycles. The number of carbonyl (C=O) groups excluding carboxylic acids is 1. The van der Waals surface area contributed by atoms with E-state index in [0.29, 0.717) is 5.75 Å². The van der Waals surface area contributed by atoms with Gasteiger partial charge < -0.3 is 9.84 Å². The van der Waals surface area contributed by atoms with Gasteiger partial charge in [-0.1, -0.05) is 0 Å². The maximum atomic E-state index is 10.8. The van der Waals surface area contributed by atoms with Gasteiger partial charge in [-0.05, 0) is 12.1 Å². The second kappa shape index (κ2) is 3.66. The summed E-state index contributed by atoms with van der Waals surface area (Å²) >= 11 is 0. The Kier molecular flexibility index (Phi) is 2.59. The Labute approximate surface area is 74.0 Å². The van der Waals surface area contributed by atoms with Crippen LogP contribution >= 0.6 is 0 Å². The summed E-state index contributed by atoms with van der Waals surface area (Å²) in [4.78, 5) is 24.7. The molecule has 0 saturated carbocycles. The largest absolute Gasteiger partial charge is 0.495 e. The van der Waals surface area contributed by atoms with E-state index in [2.05, 4.69) is 4.98 Å². The van der Waals surface area contributed by atoms with E-state index in [1.54, 1.807) is 0 Å². The van der Waals surface area contributed by atoms with Gasteiger partial charge in [0.2, 0.25) is 0 Å². The van der Waals surface area contributed by atoms with Crippen LogP contribution < -0.4 is 4.74 Å². The Balaban J connectivity index is 2.92. The predicted octanol–water partition coefficient (Wildman–Crippen LogP) is 0.357. The molecule has 0 radical (unpaired) electrons. The number of methoxy groups -OCH3 is 1. The number of hydrogen-bond acceptors (Lipinski definition) is 4. The molecule has 0 aliphatic carbocycles. The lowest BCUT2D eigenvalue weighted by molar-refractivity contribution is -0.131. The minimum Gasteiger partial charge on any atom is -0.495 e. The second-order valence-electron chi connectivity index (χ2n) is 2.22. The molecule has 0 spiro atoms. The number of aliphatic carboxylic acids is 1. The summed E-state index contributed by atoms with van der Waals surface area (Å²) < 4.78 is 4.79. The third-order valence-corrected chi connectivity index (χ3v) is 1.40. The molecule has 0 bridgehead atoms. The summed E-state index contributed by atoms with van der Waals surface area (Å²) in [7, 11) is 1.45. The minimum atomic E-state index is -1.52. The molecule has 0 aliphatic heterocycles. The summed E-state index contributed by atoms with van der Waals surface area (Å²) in [5.41, 5.74) is -0.103. The predicted molar refractivity (Wildman–Crippen MR) is 42.8 cm³/mol. The van der Waals surface area contributed by atoms with Gasteiger partial charge in [-0.3, -0.25) is 4.79 Å². The Morgan fingerprint density at radius 2 is 2.15 bits per heavy atom. The van der Waals surface area contributed by atoms with Crippen molar-refractivity contribution < 1.29 is 19.4 Å². The van der Waals surface area contributed by atoms with Gasteiger partial charge in [0.15, 0.2) is 0 Å². The van der Waals surface area contributed by atoms with Gasteiger partial charge in [0.05, 0.1) is 13.3 Å². The molecule has 1 aromatic rings. The van der Waals surface area contributed by atoms with Crippen molar-refractivity contribution in [2.45, 2.75) is 0 Å². The van der Waals surface area contributed by atoms with Crippen LogP contribution in [0.15, 0.2) is 18.3 Å². The molecular formula is C8H7NO4. The van der Waals surface area contributed by atoms with Crippen LogP contribution in [0.1, 0.15) is 10.5 Å². The van der Waals surface area contributed by atoms with Crippen molar-refractivity contribution in [3.05, 3.63) is 24.0 Å². The first-order chi connectivity index (χ1) is 6.15.